The number of hydrogen-bond acceptors (Lipinski definition) is 0. The van der Waals surface area contributed by atoms with Crippen molar-refractivity contribution in [3.63, 3.8) is 0 Å². The number of benzene rings is 1. The van der Waals surface area contributed by atoms with Gasteiger partial charge in [-0.05, 0) is 55.7 Å². The molecule has 0 nitrogen and oxygen atoms in total. The topological polar surface area (TPSA) is 0 Å². The summed E-state index contributed by atoms with van der Waals surface area (Å²) in [5.41, 5.74) is 1.30. The van der Waals surface area contributed by atoms with E-state index in [1.165, 1.54) is 31.2 Å². The van der Waals surface area contributed by atoms with Gasteiger partial charge in [0.15, 0.2) is 0 Å². The average Bonchev–Trinajstić information content (AvgIpc) is 2.20. The summed E-state index contributed by atoms with van der Waals surface area (Å²) in [5, 5.41) is 0. The minimum atomic E-state index is -0.133. The van der Waals surface area contributed by atoms with E-state index in [2.05, 4.69) is 6.42 Å². The first-order valence-corrected chi connectivity index (χ1v) is 4.93. The van der Waals surface area contributed by atoms with Crippen LogP contribution in [-0.2, 0) is 0 Å². The summed E-state index contributed by atoms with van der Waals surface area (Å²) in [6, 6.07) is 6.97. The highest BCUT2D eigenvalue weighted by molar-refractivity contribution is 5.21. The average molecular weight is 177 g/mol. The van der Waals surface area contributed by atoms with E-state index < -0.39 is 0 Å². The zero-order valence-electron chi connectivity index (χ0n) is 7.67. The molecule has 0 heterocycles. The van der Waals surface area contributed by atoms with Crippen molar-refractivity contribution < 1.29 is 4.39 Å². The molecule has 0 spiro atoms. The minimum Gasteiger partial charge on any atom is -0.207 e. The van der Waals surface area contributed by atoms with Gasteiger partial charge in [0.25, 0.3) is 0 Å². The Hall–Kier alpha value is -0.850. The Morgan fingerprint density at radius 2 is 1.62 bits per heavy atom. The van der Waals surface area contributed by atoms with Crippen LogP contribution >= 0.6 is 0 Å². The molecule has 2 rings (SSSR count). The third-order valence-electron chi connectivity index (χ3n) is 2.78. The number of hydrogen-bond donors (Lipinski definition) is 0. The van der Waals surface area contributed by atoms with Crippen LogP contribution in [0.25, 0.3) is 0 Å². The fourth-order valence-electron chi connectivity index (χ4n) is 2.00. The SMILES string of the molecule is Fc1ccc(C2CC[CH]CC2)cc1. The van der Waals surface area contributed by atoms with E-state index in [1.54, 1.807) is 12.1 Å². The molecule has 1 aromatic carbocycles. The predicted octanol–water partition coefficient (Wildman–Crippen LogP) is 3.69. The van der Waals surface area contributed by atoms with E-state index in [0.29, 0.717) is 5.92 Å². The summed E-state index contributed by atoms with van der Waals surface area (Å²) >= 11 is 0. The molecule has 0 aliphatic heterocycles. The first kappa shape index (κ1) is 8.74. The lowest BCUT2D eigenvalue weighted by Gasteiger charge is -2.21. The first-order chi connectivity index (χ1) is 6.36. The van der Waals surface area contributed by atoms with E-state index in [1.807, 2.05) is 12.1 Å². The summed E-state index contributed by atoms with van der Waals surface area (Å²) in [7, 11) is 0. The summed E-state index contributed by atoms with van der Waals surface area (Å²) in [4.78, 5) is 0. The van der Waals surface area contributed by atoms with Gasteiger partial charge >= 0.3 is 0 Å². The molecule has 13 heavy (non-hydrogen) atoms. The third-order valence-corrected chi connectivity index (χ3v) is 2.78. The molecular formula is C12H14F. The molecule has 0 atom stereocenters. The zero-order valence-corrected chi connectivity index (χ0v) is 7.67. The molecule has 0 N–H and O–H groups in total. The fraction of sp³-hybridized carbons (Fsp3) is 0.417. The van der Waals surface area contributed by atoms with E-state index >= 15 is 0 Å². The molecule has 0 bridgehead atoms. The fourth-order valence-corrected chi connectivity index (χ4v) is 2.00. The van der Waals surface area contributed by atoms with Gasteiger partial charge in [0.05, 0.1) is 0 Å². The van der Waals surface area contributed by atoms with E-state index in [4.69, 9.17) is 0 Å². The van der Waals surface area contributed by atoms with Gasteiger partial charge in [-0.2, -0.15) is 0 Å². The summed E-state index contributed by atoms with van der Waals surface area (Å²) in [6.07, 6.45) is 7.22. The van der Waals surface area contributed by atoms with Crippen LogP contribution in [-0.4, -0.2) is 0 Å². The van der Waals surface area contributed by atoms with Crippen molar-refractivity contribution in [1.29, 1.82) is 0 Å². The van der Waals surface area contributed by atoms with Gasteiger partial charge in [-0.15, -0.1) is 0 Å². The highest BCUT2D eigenvalue weighted by Gasteiger charge is 2.14. The molecule has 0 amide bonds. The van der Waals surface area contributed by atoms with Crippen LogP contribution in [0.15, 0.2) is 24.3 Å². The summed E-state index contributed by atoms with van der Waals surface area (Å²) in [6.45, 7) is 0. The Bertz CT molecular complexity index is 257. The highest BCUT2D eigenvalue weighted by atomic mass is 19.1. The smallest absolute Gasteiger partial charge is 0.123 e. The Kier molecular flexibility index (Phi) is 2.62. The number of halogens is 1. The lowest BCUT2D eigenvalue weighted by Crippen LogP contribution is -2.04. The van der Waals surface area contributed by atoms with Crippen molar-refractivity contribution >= 4 is 0 Å². The van der Waals surface area contributed by atoms with Gasteiger partial charge in [0.2, 0.25) is 0 Å². The normalized spacial score (nSPS) is 18.8. The zero-order chi connectivity index (χ0) is 9.10. The van der Waals surface area contributed by atoms with Gasteiger partial charge in [-0.1, -0.05) is 12.1 Å². The van der Waals surface area contributed by atoms with Crippen molar-refractivity contribution in [3.8, 4) is 0 Å². The summed E-state index contributed by atoms with van der Waals surface area (Å²) in [5.74, 6) is 0.525. The van der Waals surface area contributed by atoms with Crippen molar-refractivity contribution in [1.82, 2.24) is 0 Å². The Balaban J connectivity index is 2.10. The van der Waals surface area contributed by atoms with Crippen LogP contribution in [0.1, 0.15) is 37.2 Å². The van der Waals surface area contributed by atoms with Crippen LogP contribution < -0.4 is 0 Å². The Morgan fingerprint density at radius 1 is 1.00 bits per heavy atom. The van der Waals surface area contributed by atoms with Gasteiger partial charge in [0.1, 0.15) is 5.82 Å². The van der Waals surface area contributed by atoms with Gasteiger partial charge in [-0.3, -0.25) is 0 Å². The second-order valence-corrected chi connectivity index (χ2v) is 3.69. The maximum absolute atomic E-state index is 12.6. The Morgan fingerprint density at radius 3 is 2.23 bits per heavy atom. The lowest BCUT2D eigenvalue weighted by atomic mass is 9.84. The van der Waals surface area contributed by atoms with E-state index in [0.717, 1.165) is 0 Å². The van der Waals surface area contributed by atoms with Crippen molar-refractivity contribution in [2.24, 2.45) is 0 Å². The van der Waals surface area contributed by atoms with Gasteiger partial charge in [0, 0.05) is 0 Å². The van der Waals surface area contributed by atoms with Crippen molar-refractivity contribution in [2.45, 2.75) is 31.6 Å². The molecule has 1 aromatic rings. The maximum Gasteiger partial charge on any atom is 0.123 e. The number of rotatable bonds is 1. The van der Waals surface area contributed by atoms with E-state index in [9.17, 15) is 4.39 Å². The molecular weight excluding hydrogens is 163 g/mol. The van der Waals surface area contributed by atoms with Crippen LogP contribution in [0.3, 0.4) is 0 Å². The first-order valence-electron chi connectivity index (χ1n) is 4.93. The maximum atomic E-state index is 12.6. The molecule has 1 heteroatoms. The lowest BCUT2D eigenvalue weighted by molar-refractivity contribution is 0.510. The third kappa shape index (κ3) is 2.09. The van der Waals surface area contributed by atoms with Crippen LogP contribution in [0.4, 0.5) is 4.39 Å². The van der Waals surface area contributed by atoms with Crippen molar-refractivity contribution in [2.75, 3.05) is 0 Å². The Labute approximate surface area is 78.8 Å². The quantitative estimate of drug-likeness (QED) is 0.613. The monoisotopic (exact) mass is 177 g/mol. The minimum absolute atomic E-state index is 0.133. The molecule has 1 radical (unpaired) electrons. The molecule has 1 saturated carbocycles. The van der Waals surface area contributed by atoms with Crippen LogP contribution in [0, 0.1) is 12.2 Å². The molecule has 0 unspecified atom stereocenters. The largest absolute Gasteiger partial charge is 0.207 e. The molecule has 0 aromatic heterocycles. The van der Waals surface area contributed by atoms with Gasteiger partial charge < -0.3 is 0 Å². The van der Waals surface area contributed by atoms with Gasteiger partial charge in [-0.25, -0.2) is 4.39 Å². The predicted molar refractivity (Wildman–Crippen MR) is 51.9 cm³/mol. The molecule has 1 fully saturated rings. The second-order valence-electron chi connectivity index (χ2n) is 3.69. The molecule has 1 aliphatic rings. The molecule has 1 aliphatic carbocycles. The highest BCUT2D eigenvalue weighted by Crippen LogP contribution is 2.31. The van der Waals surface area contributed by atoms with Crippen LogP contribution in [0.2, 0.25) is 0 Å². The van der Waals surface area contributed by atoms with Crippen LogP contribution in [0.5, 0.6) is 0 Å². The van der Waals surface area contributed by atoms with Crippen molar-refractivity contribution in [3.05, 3.63) is 42.1 Å². The second kappa shape index (κ2) is 3.91. The molecule has 69 valence electrons. The standard InChI is InChI=1S/C12H14F/c13-12-8-6-11(7-9-12)10-4-2-1-3-5-10/h1,6-10H,2-5H2. The summed E-state index contributed by atoms with van der Waals surface area (Å²) < 4.78 is 12.6. The molecule has 0 saturated heterocycles. The van der Waals surface area contributed by atoms with E-state index in [-0.39, 0.29) is 5.82 Å².